The van der Waals surface area contributed by atoms with Gasteiger partial charge in [-0.2, -0.15) is 0 Å². The topological polar surface area (TPSA) is 58.6 Å². The average Bonchev–Trinajstić information content (AvgIpc) is 2.70. The molecule has 0 aromatic carbocycles. The molecule has 1 N–H and O–H groups in total. The predicted molar refractivity (Wildman–Crippen MR) is 62.4 cm³/mol. The van der Waals surface area contributed by atoms with Crippen LogP contribution in [-0.2, 0) is 14.3 Å². The van der Waals surface area contributed by atoms with Gasteiger partial charge in [0.1, 0.15) is 0 Å². The number of carbonyl (C=O) groups excluding carboxylic acids is 2. The Morgan fingerprint density at radius 3 is 2.76 bits per heavy atom. The van der Waals surface area contributed by atoms with Crippen molar-refractivity contribution in [3.8, 4) is 0 Å². The van der Waals surface area contributed by atoms with E-state index in [1.807, 2.05) is 13.8 Å². The SMILES string of the molecule is CCC1NCC(=O)N(CC2CCC(C)O2)C1=O. The van der Waals surface area contributed by atoms with Crippen LogP contribution in [0.2, 0.25) is 0 Å². The van der Waals surface area contributed by atoms with Gasteiger partial charge in [0.25, 0.3) is 0 Å². The highest BCUT2D eigenvalue weighted by molar-refractivity contribution is 6.01. The number of carbonyl (C=O) groups is 2. The van der Waals surface area contributed by atoms with Crippen molar-refractivity contribution in [1.82, 2.24) is 10.2 Å². The Morgan fingerprint density at radius 2 is 2.18 bits per heavy atom. The summed E-state index contributed by atoms with van der Waals surface area (Å²) in [4.78, 5) is 25.1. The standard InChI is InChI=1S/C12H20N2O3/c1-3-10-12(16)14(11(15)6-13-10)7-9-5-4-8(2)17-9/h8-10,13H,3-7H2,1-2H3. The van der Waals surface area contributed by atoms with E-state index >= 15 is 0 Å². The highest BCUT2D eigenvalue weighted by Gasteiger charge is 2.35. The van der Waals surface area contributed by atoms with E-state index in [0.717, 1.165) is 12.8 Å². The zero-order chi connectivity index (χ0) is 12.4. The van der Waals surface area contributed by atoms with Crippen LogP contribution < -0.4 is 5.32 Å². The lowest BCUT2D eigenvalue weighted by Gasteiger charge is -2.32. The van der Waals surface area contributed by atoms with E-state index in [2.05, 4.69) is 5.32 Å². The second kappa shape index (κ2) is 5.14. The molecule has 2 heterocycles. The molecule has 0 saturated carbocycles. The third-order valence-electron chi connectivity index (χ3n) is 3.48. The van der Waals surface area contributed by atoms with Gasteiger partial charge in [0.05, 0.1) is 31.3 Å². The van der Waals surface area contributed by atoms with E-state index in [1.54, 1.807) is 0 Å². The van der Waals surface area contributed by atoms with Gasteiger partial charge in [-0.1, -0.05) is 6.92 Å². The summed E-state index contributed by atoms with van der Waals surface area (Å²) >= 11 is 0. The molecule has 2 aliphatic rings. The number of imide groups is 1. The summed E-state index contributed by atoms with van der Waals surface area (Å²) < 4.78 is 5.66. The summed E-state index contributed by atoms with van der Waals surface area (Å²) in [5.41, 5.74) is 0. The molecule has 0 spiro atoms. The van der Waals surface area contributed by atoms with Crippen LogP contribution in [0, 0.1) is 0 Å². The number of hydrogen-bond donors (Lipinski definition) is 1. The molecule has 0 aromatic heterocycles. The van der Waals surface area contributed by atoms with E-state index < -0.39 is 0 Å². The van der Waals surface area contributed by atoms with E-state index in [9.17, 15) is 9.59 Å². The lowest BCUT2D eigenvalue weighted by molar-refractivity contribution is -0.151. The molecule has 3 unspecified atom stereocenters. The van der Waals surface area contributed by atoms with Crippen LogP contribution in [0.25, 0.3) is 0 Å². The van der Waals surface area contributed by atoms with Crippen LogP contribution in [0.3, 0.4) is 0 Å². The lowest BCUT2D eigenvalue weighted by atomic mass is 10.1. The lowest BCUT2D eigenvalue weighted by Crippen LogP contribution is -2.59. The van der Waals surface area contributed by atoms with Crippen LogP contribution in [0.1, 0.15) is 33.1 Å². The number of nitrogens with zero attached hydrogens (tertiary/aromatic N) is 1. The normalized spacial score (nSPS) is 34.5. The molecule has 0 aliphatic carbocycles. The fraction of sp³-hybridized carbons (Fsp3) is 0.833. The molecule has 5 nitrogen and oxygen atoms in total. The first kappa shape index (κ1) is 12.5. The maximum absolute atomic E-state index is 12.0. The van der Waals surface area contributed by atoms with Gasteiger partial charge in [-0.25, -0.2) is 0 Å². The number of amides is 2. The Hall–Kier alpha value is -0.940. The van der Waals surface area contributed by atoms with Gasteiger partial charge in [0.2, 0.25) is 11.8 Å². The Kier molecular flexibility index (Phi) is 3.79. The fourth-order valence-corrected chi connectivity index (χ4v) is 2.44. The fourth-order valence-electron chi connectivity index (χ4n) is 2.44. The van der Waals surface area contributed by atoms with Crippen LogP contribution in [0.4, 0.5) is 0 Å². The van der Waals surface area contributed by atoms with Gasteiger partial charge in [-0.3, -0.25) is 19.8 Å². The molecule has 0 radical (unpaired) electrons. The van der Waals surface area contributed by atoms with Gasteiger partial charge in [-0.15, -0.1) is 0 Å². The molecule has 2 saturated heterocycles. The van der Waals surface area contributed by atoms with Gasteiger partial charge < -0.3 is 4.74 Å². The van der Waals surface area contributed by atoms with Crippen molar-refractivity contribution in [3.63, 3.8) is 0 Å². The third-order valence-corrected chi connectivity index (χ3v) is 3.48. The molecule has 5 heteroatoms. The van der Waals surface area contributed by atoms with E-state index in [0.29, 0.717) is 13.0 Å². The summed E-state index contributed by atoms with van der Waals surface area (Å²) in [6.45, 7) is 4.64. The molecule has 96 valence electrons. The third kappa shape index (κ3) is 2.66. The van der Waals surface area contributed by atoms with Crippen LogP contribution in [0.5, 0.6) is 0 Å². The van der Waals surface area contributed by atoms with Crippen molar-refractivity contribution in [3.05, 3.63) is 0 Å². The number of ether oxygens (including phenoxy) is 1. The van der Waals surface area contributed by atoms with Gasteiger partial charge in [-0.05, 0) is 26.2 Å². The smallest absolute Gasteiger partial charge is 0.246 e. The molecule has 2 fully saturated rings. The monoisotopic (exact) mass is 240 g/mol. The number of nitrogens with one attached hydrogen (secondary N) is 1. The Balaban J connectivity index is 1.97. The van der Waals surface area contributed by atoms with E-state index in [-0.39, 0.29) is 36.6 Å². The Bertz CT molecular complexity index is 319. The average molecular weight is 240 g/mol. The van der Waals surface area contributed by atoms with Crippen molar-refractivity contribution >= 4 is 11.8 Å². The summed E-state index contributed by atoms with van der Waals surface area (Å²) in [5.74, 6) is -0.241. The molecule has 2 rings (SSSR count). The zero-order valence-corrected chi connectivity index (χ0v) is 10.4. The summed E-state index contributed by atoms with van der Waals surface area (Å²) in [7, 11) is 0. The quantitative estimate of drug-likeness (QED) is 0.720. The van der Waals surface area contributed by atoms with Crippen molar-refractivity contribution in [1.29, 1.82) is 0 Å². The molecule has 0 bridgehead atoms. The minimum Gasteiger partial charge on any atom is -0.373 e. The molecule has 0 aromatic rings. The van der Waals surface area contributed by atoms with Crippen molar-refractivity contribution in [2.24, 2.45) is 0 Å². The largest absolute Gasteiger partial charge is 0.373 e. The minimum atomic E-state index is -0.216. The van der Waals surface area contributed by atoms with E-state index in [4.69, 9.17) is 4.74 Å². The van der Waals surface area contributed by atoms with Crippen molar-refractivity contribution in [2.75, 3.05) is 13.1 Å². The molecule has 17 heavy (non-hydrogen) atoms. The highest BCUT2D eigenvalue weighted by Crippen LogP contribution is 2.21. The Morgan fingerprint density at radius 1 is 1.41 bits per heavy atom. The Labute approximate surface area is 101 Å². The van der Waals surface area contributed by atoms with Crippen LogP contribution >= 0.6 is 0 Å². The number of hydrogen-bond acceptors (Lipinski definition) is 4. The molecule has 2 amide bonds. The van der Waals surface area contributed by atoms with Crippen molar-refractivity contribution in [2.45, 2.75) is 51.4 Å². The molecule has 3 atom stereocenters. The second-order valence-corrected chi connectivity index (χ2v) is 4.83. The first-order valence-electron chi connectivity index (χ1n) is 6.35. The van der Waals surface area contributed by atoms with Gasteiger partial charge in [0, 0.05) is 0 Å². The van der Waals surface area contributed by atoms with Crippen LogP contribution in [-0.4, -0.2) is 48.1 Å². The molecule has 2 aliphatic heterocycles. The summed E-state index contributed by atoms with van der Waals surface area (Å²) in [6.07, 6.45) is 2.92. The van der Waals surface area contributed by atoms with Crippen LogP contribution in [0.15, 0.2) is 0 Å². The molecular formula is C12H20N2O3. The predicted octanol–water partition coefficient (Wildman–Crippen LogP) is 0.291. The maximum Gasteiger partial charge on any atom is 0.246 e. The highest BCUT2D eigenvalue weighted by atomic mass is 16.5. The van der Waals surface area contributed by atoms with Gasteiger partial charge >= 0.3 is 0 Å². The number of piperazine rings is 1. The second-order valence-electron chi connectivity index (χ2n) is 4.83. The first-order chi connectivity index (χ1) is 8.11. The summed E-state index contributed by atoms with van der Waals surface area (Å²) in [6, 6.07) is -0.216. The van der Waals surface area contributed by atoms with Crippen molar-refractivity contribution < 1.29 is 14.3 Å². The first-order valence-corrected chi connectivity index (χ1v) is 6.35. The molecular weight excluding hydrogens is 220 g/mol. The van der Waals surface area contributed by atoms with Gasteiger partial charge in [0.15, 0.2) is 0 Å². The summed E-state index contributed by atoms with van der Waals surface area (Å²) in [5, 5.41) is 2.95. The van der Waals surface area contributed by atoms with E-state index in [1.165, 1.54) is 4.90 Å². The minimum absolute atomic E-state index is 0.0218. The maximum atomic E-state index is 12.0. The number of rotatable bonds is 3. The zero-order valence-electron chi connectivity index (χ0n) is 10.4.